The molecule has 7 heteroatoms. The minimum absolute atomic E-state index is 0.0144. The highest BCUT2D eigenvalue weighted by atomic mass is 32.2. The molecule has 0 saturated carbocycles. The molecule has 0 amide bonds. The summed E-state index contributed by atoms with van der Waals surface area (Å²) in [6.45, 7) is 6.04. The molecule has 0 fully saturated rings. The van der Waals surface area contributed by atoms with Crippen LogP contribution in [0.2, 0.25) is 0 Å². The number of halogens is 3. The molecule has 2 aromatic carbocycles. The average Bonchev–Trinajstić information content (AvgIpc) is 2.68. The fraction of sp³-hybridized carbons (Fsp3) is 0.318. The fourth-order valence-electron chi connectivity index (χ4n) is 3.22. The number of hydrogen-bond donors (Lipinski definition) is 0. The van der Waals surface area contributed by atoms with Crippen molar-refractivity contribution in [1.29, 1.82) is 0 Å². The SMILES string of the molecule is CCS(=O)c1ccc(C(C)C)cc1Cn1ccc2ccc(C(F)(F)F)cc2c1=O. The number of nitrogens with zero attached hydrogens (tertiary/aromatic N) is 1. The first-order valence-corrected chi connectivity index (χ1v) is 10.6. The molecule has 0 bridgehead atoms. The fourth-order valence-corrected chi connectivity index (χ4v) is 4.17. The molecule has 1 unspecified atom stereocenters. The first-order valence-electron chi connectivity index (χ1n) is 9.33. The highest BCUT2D eigenvalue weighted by Gasteiger charge is 2.30. The second-order valence-electron chi connectivity index (χ2n) is 7.20. The van der Waals surface area contributed by atoms with Gasteiger partial charge in [0.1, 0.15) is 0 Å². The summed E-state index contributed by atoms with van der Waals surface area (Å²) in [5.41, 5.74) is 0.432. The maximum absolute atomic E-state index is 13.1. The Morgan fingerprint density at radius 2 is 1.79 bits per heavy atom. The summed E-state index contributed by atoms with van der Waals surface area (Å²) in [4.78, 5) is 13.5. The molecular formula is C22H22F3NO2S. The quantitative estimate of drug-likeness (QED) is 0.559. The summed E-state index contributed by atoms with van der Waals surface area (Å²) >= 11 is 0. The molecule has 1 atom stereocenters. The van der Waals surface area contributed by atoms with Crippen molar-refractivity contribution in [2.24, 2.45) is 0 Å². The maximum Gasteiger partial charge on any atom is 0.416 e. The van der Waals surface area contributed by atoms with Gasteiger partial charge in [-0.2, -0.15) is 13.2 Å². The van der Waals surface area contributed by atoms with E-state index < -0.39 is 28.1 Å². The molecular weight excluding hydrogens is 399 g/mol. The zero-order valence-corrected chi connectivity index (χ0v) is 17.2. The number of benzene rings is 2. The van der Waals surface area contributed by atoms with Crippen LogP contribution in [0, 0.1) is 0 Å². The minimum atomic E-state index is -4.52. The van der Waals surface area contributed by atoms with Crippen LogP contribution in [0.25, 0.3) is 10.8 Å². The van der Waals surface area contributed by atoms with Crippen molar-refractivity contribution in [2.45, 2.75) is 44.3 Å². The highest BCUT2D eigenvalue weighted by Crippen LogP contribution is 2.30. The number of aromatic nitrogens is 1. The Balaban J connectivity index is 2.12. The average molecular weight is 421 g/mol. The van der Waals surface area contributed by atoms with Crippen LogP contribution in [0.4, 0.5) is 13.2 Å². The molecule has 0 aliphatic heterocycles. The molecule has 0 radical (unpaired) electrons. The van der Waals surface area contributed by atoms with Crippen LogP contribution in [0.5, 0.6) is 0 Å². The molecule has 0 spiro atoms. The van der Waals surface area contributed by atoms with Crippen LogP contribution in [-0.2, 0) is 23.5 Å². The van der Waals surface area contributed by atoms with E-state index in [1.54, 1.807) is 12.3 Å². The van der Waals surface area contributed by atoms with Crippen molar-refractivity contribution in [1.82, 2.24) is 4.57 Å². The lowest BCUT2D eigenvalue weighted by atomic mass is 10.0. The van der Waals surface area contributed by atoms with Crippen LogP contribution in [0.3, 0.4) is 0 Å². The standard InChI is InChI=1S/C22H22F3NO2S/c1-4-29(28)20-8-6-16(14(2)3)11-17(20)13-26-10-9-15-5-7-18(22(23,24)25)12-19(15)21(26)27/h5-12,14H,4,13H2,1-3H3. The summed E-state index contributed by atoms with van der Waals surface area (Å²) < 4.78 is 53.0. The zero-order valence-electron chi connectivity index (χ0n) is 16.4. The van der Waals surface area contributed by atoms with E-state index in [2.05, 4.69) is 0 Å². The molecule has 1 aromatic heterocycles. The van der Waals surface area contributed by atoms with Crippen molar-refractivity contribution >= 4 is 21.6 Å². The normalized spacial score (nSPS) is 13.2. The van der Waals surface area contributed by atoms with Gasteiger partial charge in [0.2, 0.25) is 0 Å². The van der Waals surface area contributed by atoms with Gasteiger partial charge in [0.25, 0.3) is 5.56 Å². The third-order valence-electron chi connectivity index (χ3n) is 4.91. The molecule has 0 N–H and O–H groups in total. The van der Waals surface area contributed by atoms with Gasteiger partial charge in [0, 0.05) is 22.2 Å². The monoisotopic (exact) mass is 421 g/mol. The Hall–Kier alpha value is -2.41. The summed E-state index contributed by atoms with van der Waals surface area (Å²) in [5, 5.41) is 0.466. The van der Waals surface area contributed by atoms with E-state index in [1.165, 1.54) is 10.6 Å². The van der Waals surface area contributed by atoms with Crippen LogP contribution in [0.1, 0.15) is 43.4 Å². The van der Waals surface area contributed by atoms with Crippen LogP contribution in [0.15, 0.2) is 58.4 Å². The molecule has 0 saturated heterocycles. The van der Waals surface area contributed by atoms with Gasteiger partial charge in [-0.25, -0.2) is 0 Å². The molecule has 29 heavy (non-hydrogen) atoms. The van der Waals surface area contributed by atoms with Gasteiger partial charge in [0.05, 0.1) is 22.9 Å². The highest BCUT2D eigenvalue weighted by molar-refractivity contribution is 7.85. The number of pyridine rings is 1. The van der Waals surface area contributed by atoms with Crippen molar-refractivity contribution in [3.8, 4) is 0 Å². The Labute approximate surface area is 169 Å². The first-order chi connectivity index (χ1) is 13.6. The third-order valence-corrected chi connectivity index (χ3v) is 6.32. The van der Waals surface area contributed by atoms with Crippen LogP contribution in [-0.4, -0.2) is 14.5 Å². The number of alkyl halides is 3. The van der Waals surface area contributed by atoms with Gasteiger partial charge in [-0.15, -0.1) is 0 Å². The topological polar surface area (TPSA) is 39.1 Å². The van der Waals surface area contributed by atoms with E-state index in [9.17, 15) is 22.2 Å². The van der Waals surface area contributed by atoms with E-state index in [4.69, 9.17) is 0 Å². The Kier molecular flexibility index (Phi) is 5.98. The largest absolute Gasteiger partial charge is 0.416 e. The van der Waals surface area contributed by atoms with Gasteiger partial charge < -0.3 is 4.57 Å². The van der Waals surface area contributed by atoms with E-state index in [0.717, 1.165) is 23.3 Å². The summed E-state index contributed by atoms with van der Waals surface area (Å²) in [7, 11) is -1.21. The predicted molar refractivity (Wildman–Crippen MR) is 110 cm³/mol. The number of fused-ring (bicyclic) bond motifs is 1. The Bertz CT molecular complexity index is 1130. The first kappa shape index (κ1) is 21.3. The van der Waals surface area contributed by atoms with E-state index in [1.807, 2.05) is 39.0 Å². The van der Waals surface area contributed by atoms with Crippen molar-refractivity contribution in [3.05, 3.63) is 75.7 Å². The molecule has 3 rings (SSSR count). The van der Waals surface area contributed by atoms with Gasteiger partial charge in [-0.3, -0.25) is 9.00 Å². The Morgan fingerprint density at radius 3 is 2.41 bits per heavy atom. The molecule has 3 nitrogen and oxygen atoms in total. The molecule has 1 heterocycles. The smallest absolute Gasteiger partial charge is 0.311 e. The van der Waals surface area contributed by atoms with E-state index >= 15 is 0 Å². The van der Waals surface area contributed by atoms with Gasteiger partial charge in [-0.05, 0) is 46.7 Å². The second-order valence-corrected chi connectivity index (χ2v) is 8.91. The van der Waals surface area contributed by atoms with Crippen molar-refractivity contribution in [3.63, 3.8) is 0 Å². The molecule has 0 aliphatic rings. The van der Waals surface area contributed by atoms with Gasteiger partial charge in [-0.1, -0.05) is 39.0 Å². The molecule has 154 valence electrons. The molecule has 3 aromatic rings. The van der Waals surface area contributed by atoms with Crippen LogP contribution < -0.4 is 5.56 Å². The number of rotatable bonds is 5. The second kappa shape index (κ2) is 8.14. The third kappa shape index (κ3) is 4.45. The minimum Gasteiger partial charge on any atom is -0.311 e. The maximum atomic E-state index is 13.1. The van der Waals surface area contributed by atoms with E-state index in [0.29, 0.717) is 16.0 Å². The van der Waals surface area contributed by atoms with Gasteiger partial charge >= 0.3 is 6.18 Å². The lowest BCUT2D eigenvalue weighted by molar-refractivity contribution is -0.137. The van der Waals surface area contributed by atoms with Crippen molar-refractivity contribution < 1.29 is 17.4 Å². The number of hydrogen-bond acceptors (Lipinski definition) is 2. The molecule has 0 aliphatic carbocycles. The predicted octanol–water partition coefficient (Wildman–Crippen LogP) is 5.32. The lowest BCUT2D eigenvalue weighted by Crippen LogP contribution is -2.21. The zero-order chi connectivity index (χ0) is 21.3. The Morgan fingerprint density at radius 1 is 1.07 bits per heavy atom. The summed E-state index contributed by atoms with van der Waals surface area (Å²) in [6, 6.07) is 10.5. The van der Waals surface area contributed by atoms with E-state index in [-0.39, 0.29) is 17.8 Å². The van der Waals surface area contributed by atoms with Crippen LogP contribution >= 0.6 is 0 Å². The summed E-state index contributed by atoms with van der Waals surface area (Å²) in [5.74, 6) is 0.691. The lowest BCUT2D eigenvalue weighted by Gasteiger charge is -2.15. The van der Waals surface area contributed by atoms with Crippen molar-refractivity contribution in [2.75, 3.05) is 5.75 Å². The van der Waals surface area contributed by atoms with Gasteiger partial charge in [0.15, 0.2) is 0 Å². The summed E-state index contributed by atoms with van der Waals surface area (Å²) in [6.07, 6.45) is -2.95.